The molecule has 2 aromatic rings. The molecule has 1 aliphatic rings. The number of nitro groups is 1. The molecule has 8 nitrogen and oxygen atoms in total. The van der Waals surface area contributed by atoms with E-state index in [0.717, 1.165) is 25.9 Å². The monoisotopic (exact) mass is 289 g/mol. The van der Waals surface area contributed by atoms with Gasteiger partial charge in [0, 0.05) is 23.6 Å². The fourth-order valence-electron chi connectivity index (χ4n) is 2.54. The van der Waals surface area contributed by atoms with E-state index >= 15 is 0 Å². The highest BCUT2D eigenvalue weighted by molar-refractivity contribution is 5.92. The molecule has 3 N–H and O–H groups in total. The van der Waals surface area contributed by atoms with E-state index in [1.807, 2.05) is 0 Å². The number of nitrogens with zero attached hydrogens (tertiary/aromatic N) is 2. The van der Waals surface area contributed by atoms with Crippen LogP contribution in [-0.2, 0) is 0 Å². The number of anilines is 1. The molecule has 0 radical (unpaired) electrons. The maximum atomic E-state index is 11.8. The number of nitrogens with one attached hydrogen (secondary N) is 3. The summed E-state index contributed by atoms with van der Waals surface area (Å²) in [5.74, 6) is 0.486. The van der Waals surface area contributed by atoms with Crippen molar-refractivity contribution in [2.75, 3.05) is 18.4 Å². The molecule has 8 heteroatoms. The Kier molecular flexibility index (Phi) is 3.53. The van der Waals surface area contributed by atoms with Crippen molar-refractivity contribution >= 4 is 22.3 Å². The normalized spacial score (nSPS) is 16.0. The average molecular weight is 289 g/mol. The van der Waals surface area contributed by atoms with Gasteiger partial charge in [-0.2, -0.15) is 5.10 Å². The number of hydrogen-bond acceptors (Lipinski definition) is 6. The summed E-state index contributed by atoms with van der Waals surface area (Å²) >= 11 is 0. The van der Waals surface area contributed by atoms with Crippen LogP contribution in [-0.4, -0.2) is 34.3 Å². The van der Waals surface area contributed by atoms with Crippen LogP contribution in [0.25, 0.3) is 10.8 Å². The maximum Gasteiger partial charge on any atom is 0.272 e. The summed E-state index contributed by atoms with van der Waals surface area (Å²) in [6.45, 7) is 1.83. The van der Waals surface area contributed by atoms with E-state index in [4.69, 9.17) is 0 Å². The molecule has 21 heavy (non-hydrogen) atoms. The number of fused-ring (bicyclic) bond motifs is 1. The van der Waals surface area contributed by atoms with Gasteiger partial charge in [0.2, 0.25) is 0 Å². The van der Waals surface area contributed by atoms with Gasteiger partial charge in [-0.1, -0.05) is 0 Å². The van der Waals surface area contributed by atoms with Crippen molar-refractivity contribution in [3.8, 4) is 0 Å². The predicted molar refractivity (Wildman–Crippen MR) is 78.5 cm³/mol. The van der Waals surface area contributed by atoms with Crippen molar-refractivity contribution in [3.63, 3.8) is 0 Å². The molecule has 0 amide bonds. The molecule has 1 aromatic carbocycles. The lowest BCUT2D eigenvalue weighted by Gasteiger charge is -2.24. The number of piperidine rings is 1. The Bertz CT molecular complexity index is 736. The van der Waals surface area contributed by atoms with Gasteiger partial charge in [0.05, 0.1) is 10.3 Å². The largest absolute Gasteiger partial charge is 0.365 e. The minimum Gasteiger partial charge on any atom is -0.365 e. The van der Waals surface area contributed by atoms with Crippen molar-refractivity contribution in [3.05, 3.63) is 38.7 Å². The van der Waals surface area contributed by atoms with Crippen LogP contribution >= 0.6 is 0 Å². The summed E-state index contributed by atoms with van der Waals surface area (Å²) in [4.78, 5) is 22.2. The third kappa shape index (κ3) is 2.70. The van der Waals surface area contributed by atoms with Gasteiger partial charge in [-0.3, -0.25) is 14.9 Å². The van der Waals surface area contributed by atoms with Crippen LogP contribution in [0.2, 0.25) is 0 Å². The Labute approximate surface area is 119 Å². The summed E-state index contributed by atoms with van der Waals surface area (Å²) in [7, 11) is 0. The molecule has 2 heterocycles. The van der Waals surface area contributed by atoms with Gasteiger partial charge in [0.15, 0.2) is 5.82 Å². The molecule has 110 valence electrons. The molecule has 0 bridgehead atoms. The van der Waals surface area contributed by atoms with E-state index in [-0.39, 0.29) is 17.3 Å². The number of aromatic amines is 1. The second-order valence-electron chi connectivity index (χ2n) is 5.06. The molecule has 0 saturated carbocycles. The quantitative estimate of drug-likeness (QED) is 0.574. The third-order valence-electron chi connectivity index (χ3n) is 3.66. The maximum absolute atomic E-state index is 11.8. The zero-order valence-corrected chi connectivity index (χ0v) is 11.3. The van der Waals surface area contributed by atoms with Gasteiger partial charge < -0.3 is 10.6 Å². The first kappa shape index (κ1) is 13.5. The highest BCUT2D eigenvalue weighted by Gasteiger charge is 2.17. The van der Waals surface area contributed by atoms with Gasteiger partial charge >= 0.3 is 0 Å². The Balaban J connectivity index is 2.04. The molecule has 1 fully saturated rings. The first-order chi connectivity index (χ1) is 10.1. The van der Waals surface area contributed by atoms with Crippen LogP contribution in [0.3, 0.4) is 0 Å². The number of non-ortho nitro benzene ring substituents is 1. The van der Waals surface area contributed by atoms with Crippen LogP contribution in [0.1, 0.15) is 12.8 Å². The SMILES string of the molecule is O=c1[nH]nc(NC2CCNCC2)c2cc([N+](=O)[O-])ccc12. The minimum atomic E-state index is -0.477. The van der Waals surface area contributed by atoms with E-state index < -0.39 is 4.92 Å². The summed E-state index contributed by atoms with van der Waals surface area (Å²) in [5.41, 5.74) is -0.404. The van der Waals surface area contributed by atoms with Gasteiger partial charge in [0.25, 0.3) is 11.2 Å². The zero-order valence-electron chi connectivity index (χ0n) is 11.3. The van der Waals surface area contributed by atoms with Gasteiger partial charge in [-0.05, 0) is 32.0 Å². The number of benzene rings is 1. The fourth-order valence-corrected chi connectivity index (χ4v) is 2.54. The van der Waals surface area contributed by atoms with Gasteiger partial charge in [0.1, 0.15) is 0 Å². The Morgan fingerprint density at radius 1 is 1.29 bits per heavy atom. The standard InChI is InChI=1S/C13H15N5O3/c19-13-10-2-1-9(18(20)21)7-11(10)12(16-17-13)15-8-3-5-14-6-4-8/h1-2,7-8,14H,3-6H2,(H,15,16)(H,17,19). The van der Waals surface area contributed by atoms with E-state index in [1.165, 1.54) is 18.2 Å². The van der Waals surface area contributed by atoms with Crippen molar-refractivity contribution in [1.29, 1.82) is 0 Å². The van der Waals surface area contributed by atoms with Crippen molar-refractivity contribution in [2.45, 2.75) is 18.9 Å². The van der Waals surface area contributed by atoms with E-state index in [0.29, 0.717) is 16.6 Å². The lowest BCUT2D eigenvalue weighted by atomic mass is 10.1. The first-order valence-electron chi connectivity index (χ1n) is 6.79. The number of hydrogen-bond donors (Lipinski definition) is 3. The van der Waals surface area contributed by atoms with Crippen LogP contribution in [0.5, 0.6) is 0 Å². The average Bonchev–Trinajstić information content (AvgIpc) is 2.51. The first-order valence-corrected chi connectivity index (χ1v) is 6.79. The van der Waals surface area contributed by atoms with Crippen molar-refractivity contribution < 1.29 is 4.92 Å². The molecule has 0 atom stereocenters. The highest BCUT2D eigenvalue weighted by atomic mass is 16.6. The van der Waals surface area contributed by atoms with Crippen LogP contribution in [0.15, 0.2) is 23.0 Å². The zero-order chi connectivity index (χ0) is 14.8. The van der Waals surface area contributed by atoms with Crippen LogP contribution < -0.4 is 16.2 Å². The van der Waals surface area contributed by atoms with Crippen molar-refractivity contribution in [1.82, 2.24) is 15.5 Å². The number of aromatic nitrogens is 2. The van der Waals surface area contributed by atoms with Crippen LogP contribution in [0.4, 0.5) is 11.5 Å². The number of rotatable bonds is 3. The molecule has 1 aliphatic heterocycles. The van der Waals surface area contributed by atoms with E-state index in [9.17, 15) is 14.9 Å². The number of H-pyrrole nitrogens is 1. The predicted octanol–water partition coefficient (Wildman–Crippen LogP) is 0.995. The summed E-state index contributed by atoms with van der Waals surface area (Å²) in [6, 6.07) is 4.42. The second-order valence-corrected chi connectivity index (χ2v) is 5.06. The lowest BCUT2D eigenvalue weighted by Crippen LogP contribution is -2.35. The molecule has 3 rings (SSSR count). The lowest BCUT2D eigenvalue weighted by molar-refractivity contribution is -0.384. The second kappa shape index (κ2) is 5.49. The van der Waals surface area contributed by atoms with Gasteiger partial charge in [-0.25, -0.2) is 5.10 Å². The molecule has 1 saturated heterocycles. The molecule has 0 aliphatic carbocycles. The Morgan fingerprint density at radius 2 is 2.05 bits per heavy atom. The fraction of sp³-hybridized carbons (Fsp3) is 0.385. The Hall–Kier alpha value is -2.48. The van der Waals surface area contributed by atoms with Gasteiger partial charge in [-0.15, -0.1) is 0 Å². The summed E-state index contributed by atoms with van der Waals surface area (Å²) in [5, 5.41) is 24.7. The molecule has 1 aromatic heterocycles. The minimum absolute atomic E-state index is 0.0525. The van der Waals surface area contributed by atoms with E-state index in [1.54, 1.807) is 0 Å². The molecular weight excluding hydrogens is 274 g/mol. The van der Waals surface area contributed by atoms with Crippen molar-refractivity contribution in [2.24, 2.45) is 0 Å². The topological polar surface area (TPSA) is 113 Å². The number of nitro benzene ring substituents is 1. The molecule has 0 unspecified atom stereocenters. The molecule has 0 spiro atoms. The van der Waals surface area contributed by atoms with E-state index in [2.05, 4.69) is 20.8 Å². The highest BCUT2D eigenvalue weighted by Crippen LogP contribution is 2.24. The smallest absolute Gasteiger partial charge is 0.272 e. The summed E-state index contributed by atoms with van der Waals surface area (Å²) in [6.07, 6.45) is 1.88. The summed E-state index contributed by atoms with van der Waals surface area (Å²) < 4.78 is 0. The third-order valence-corrected chi connectivity index (χ3v) is 3.66. The Morgan fingerprint density at radius 3 is 2.76 bits per heavy atom. The molecular formula is C13H15N5O3. The van der Waals surface area contributed by atoms with Crippen LogP contribution in [0, 0.1) is 10.1 Å².